The van der Waals surface area contributed by atoms with Gasteiger partial charge in [-0.05, 0) is 40.4 Å². The Labute approximate surface area is 152 Å². The number of aromatic nitrogens is 3. The monoisotopic (exact) mass is 430 g/mol. The largest absolute Gasteiger partial charge is 0.416 e. The van der Waals surface area contributed by atoms with E-state index in [-0.39, 0.29) is 16.9 Å². The number of alkyl halides is 3. The molecule has 130 valence electrons. The summed E-state index contributed by atoms with van der Waals surface area (Å²) in [6, 6.07) is 4.68. The number of aromatic amines is 1. The topological polar surface area (TPSA) is 70.7 Å². The van der Waals surface area contributed by atoms with E-state index < -0.39 is 17.3 Å². The van der Waals surface area contributed by atoms with E-state index in [2.05, 4.69) is 36.2 Å². The quantitative estimate of drug-likeness (QED) is 0.470. The predicted molar refractivity (Wildman–Crippen MR) is 94.4 cm³/mol. The Bertz CT molecular complexity index is 1010. The molecule has 2 N–H and O–H groups in total. The predicted octanol–water partition coefficient (Wildman–Crippen LogP) is 4.56. The second kappa shape index (κ2) is 6.68. The Balaban J connectivity index is 2.16. The molecule has 0 radical (unpaired) electrons. The van der Waals surface area contributed by atoms with Gasteiger partial charge in [0.15, 0.2) is 5.16 Å². The van der Waals surface area contributed by atoms with Crippen molar-refractivity contribution >= 4 is 50.1 Å². The Morgan fingerprint density at radius 3 is 2.72 bits per heavy atom. The van der Waals surface area contributed by atoms with Gasteiger partial charge in [-0.25, -0.2) is 9.97 Å². The number of halogens is 4. The molecule has 2 heterocycles. The van der Waals surface area contributed by atoms with Gasteiger partial charge < -0.3 is 10.3 Å². The van der Waals surface area contributed by atoms with E-state index in [0.717, 1.165) is 12.1 Å². The normalized spacial score (nSPS) is 11.7. The maximum Gasteiger partial charge on any atom is 0.416 e. The second-order valence-electron chi connectivity index (χ2n) is 4.95. The number of hydrogen-bond donors (Lipinski definition) is 2. The average molecular weight is 431 g/mol. The van der Waals surface area contributed by atoms with Crippen LogP contribution < -0.4 is 10.9 Å². The third kappa shape index (κ3) is 3.64. The minimum absolute atomic E-state index is 0.135. The maximum absolute atomic E-state index is 12.9. The SMILES string of the molecule is CSc1nc(Nc2cccc(C(F)(F)F)c2)c2c(=O)[nH]cc(Br)c2n1. The number of hydrogen-bond acceptors (Lipinski definition) is 5. The van der Waals surface area contributed by atoms with Crippen LogP contribution in [0.25, 0.3) is 10.9 Å². The number of H-pyrrole nitrogens is 1. The summed E-state index contributed by atoms with van der Waals surface area (Å²) in [7, 11) is 0. The Morgan fingerprint density at radius 1 is 1.28 bits per heavy atom. The number of anilines is 2. The molecule has 5 nitrogen and oxygen atoms in total. The van der Waals surface area contributed by atoms with Crippen molar-refractivity contribution in [3.63, 3.8) is 0 Å². The van der Waals surface area contributed by atoms with Crippen molar-refractivity contribution in [1.29, 1.82) is 0 Å². The van der Waals surface area contributed by atoms with Crippen molar-refractivity contribution in [1.82, 2.24) is 15.0 Å². The molecule has 0 spiro atoms. The van der Waals surface area contributed by atoms with Gasteiger partial charge in [-0.1, -0.05) is 17.8 Å². The Kier molecular flexibility index (Phi) is 4.74. The highest BCUT2D eigenvalue weighted by Gasteiger charge is 2.30. The van der Waals surface area contributed by atoms with Gasteiger partial charge in [0.25, 0.3) is 5.56 Å². The van der Waals surface area contributed by atoms with Crippen LogP contribution in [0.5, 0.6) is 0 Å². The molecule has 0 aliphatic rings. The van der Waals surface area contributed by atoms with E-state index in [1.807, 2.05) is 0 Å². The zero-order valence-corrected chi connectivity index (χ0v) is 15.0. The first-order valence-corrected chi connectivity index (χ1v) is 8.88. The third-order valence-corrected chi connectivity index (χ3v) is 4.46. The van der Waals surface area contributed by atoms with Crippen LogP contribution in [-0.2, 0) is 6.18 Å². The summed E-state index contributed by atoms with van der Waals surface area (Å²) in [4.78, 5) is 23.2. The van der Waals surface area contributed by atoms with Crippen molar-refractivity contribution < 1.29 is 13.2 Å². The number of nitrogens with zero attached hydrogens (tertiary/aromatic N) is 2. The molecule has 1 aromatic carbocycles. The molecular formula is C15H10BrF3N4OS. The molecule has 3 aromatic rings. The molecule has 2 aromatic heterocycles. The zero-order valence-electron chi connectivity index (χ0n) is 12.6. The van der Waals surface area contributed by atoms with Gasteiger partial charge >= 0.3 is 6.18 Å². The molecule has 0 aliphatic heterocycles. The van der Waals surface area contributed by atoms with Crippen molar-refractivity contribution in [2.24, 2.45) is 0 Å². The number of benzene rings is 1. The van der Waals surface area contributed by atoms with Gasteiger partial charge in [0.05, 0.1) is 15.6 Å². The van der Waals surface area contributed by atoms with Gasteiger partial charge in [-0.3, -0.25) is 4.79 Å². The first-order chi connectivity index (χ1) is 11.8. The number of nitrogens with one attached hydrogen (secondary N) is 2. The van der Waals surface area contributed by atoms with E-state index in [1.165, 1.54) is 30.1 Å². The number of fused-ring (bicyclic) bond motifs is 1. The summed E-state index contributed by atoms with van der Waals surface area (Å²) in [5.41, 5.74) is -0.699. The second-order valence-corrected chi connectivity index (χ2v) is 6.58. The van der Waals surface area contributed by atoms with Crippen LogP contribution in [0, 0.1) is 0 Å². The molecule has 0 aliphatic carbocycles. The summed E-state index contributed by atoms with van der Waals surface area (Å²) < 4.78 is 39.2. The first kappa shape index (κ1) is 17.7. The summed E-state index contributed by atoms with van der Waals surface area (Å²) in [6.45, 7) is 0. The third-order valence-electron chi connectivity index (χ3n) is 3.31. The Hall–Kier alpha value is -2.07. The lowest BCUT2D eigenvalue weighted by Gasteiger charge is -2.12. The minimum Gasteiger partial charge on any atom is -0.339 e. The summed E-state index contributed by atoms with van der Waals surface area (Å²) in [5.74, 6) is 0.135. The minimum atomic E-state index is -4.46. The lowest BCUT2D eigenvalue weighted by atomic mass is 10.2. The molecular weight excluding hydrogens is 421 g/mol. The summed E-state index contributed by atoms with van der Waals surface area (Å²) >= 11 is 4.56. The van der Waals surface area contributed by atoms with Crippen LogP contribution in [-0.4, -0.2) is 21.2 Å². The molecule has 3 rings (SSSR count). The molecule has 0 unspecified atom stereocenters. The molecule has 0 atom stereocenters. The molecule has 0 amide bonds. The van der Waals surface area contributed by atoms with E-state index in [1.54, 1.807) is 6.26 Å². The van der Waals surface area contributed by atoms with Crippen LogP contribution in [0.2, 0.25) is 0 Å². The van der Waals surface area contributed by atoms with E-state index >= 15 is 0 Å². The molecule has 0 fully saturated rings. The van der Waals surface area contributed by atoms with E-state index in [0.29, 0.717) is 15.1 Å². The average Bonchev–Trinajstić information content (AvgIpc) is 2.57. The van der Waals surface area contributed by atoms with Crippen LogP contribution in [0.4, 0.5) is 24.7 Å². The molecule has 0 saturated heterocycles. The first-order valence-electron chi connectivity index (χ1n) is 6.87. The van der Waals surface area contributed by atoms with Crippen molar-refractivity contribution in [3.8, 4) is 0 Å². The van der Waals surface area contributed by atoms with Crippen LogP contribution in [0.3, 0.4) is 0 Å². The fourth-order valence-corrected chi connectivity index (χ4v) is 2.96. The van der Waals surface area contributed by atoms with E-state index in [4.69, 9.17) is 0 Å². The fourth-order valence-electron chi connectivity index (χ4n) is 2.19. The Morgan fingerprint density at radius 2 is 2.04 bits per heavy atom. The van der Waals surface area contributed by atoms with Crippen LogP contribution >= 0.6 is 27.7 Å². The highest BCUT2D eigenvalue weighted by molar-refractivity contribution is 9.10. The highest BCUT2D eigenvalue weighted by Crippen LogP contribution is 2.32. The lowest BCUT2D eigenvalue weighted by Crippen LogP contribution is -2.11. The van der Waals surface area contributed by atoms with Gasteiger partial charge in [-0.2, -0.15) is 13.2 Å². The van der Waals surface area contributed by atoms with Crippen molar-refractivity contribution in [3.05, 3.63) is 50.9 Å². The van der Waals surface area contributed by atoms with Gasteiger partial charge in [-0.15, -0.1) is 0 Å². The van der Waals surface area contributed by atoms with Gasteiger partial charge in [0, 0.05) is 11.9 Å². The van der Waals surface area contributed by atoms with Crippen molar-refractivity contribution in [2.75, 3.05) is 11.6 Å². The fraction of sp³-hybridized carbons (Fsp3) is 0.133. The summed E-state index contributed by atoms with van der Waals surface area (Å²) in [6.07, 6.45) is -1.25. The van der Waals surface area contributed by atoms with Gasteiger partial charge in [0.2, 0.25) is 0 Å². The maximum atomic E-state index is 12.9. The van der Waals surface area contributed by atoms with Crippen LogP contribution in [0.1, 0.15) is 5.56 Å². The number of pyridine rings is 1. The zero-order chi connectivity index (χ0) is 18.2. The molecule has 0 bridgehead atoms. The smallest absolute Gasteiger partial charge is 0.339 e. The lowest BCUT2D eigenvalue weighted by molar-refractivity contribution is -0.137. The highest BCUT2D eigenvalue weighted by atomic mass is 79.9. The van der Waals surface area contributed by atoms with E-state index in [9.17, 15) is 18.0 Å². The van der Waals surface area contributed by atoms with Crippen molar-refractivity contribution in [2.45, 2.75) is 11.3 Å². The molecule has 25 heavy (non-hydrogen) atoms. The molecule has 10 heteroatoms. The van der Waals surface area contributed by atoms with Crippen LogP contribution in [0.15, 0.2) is 44.9 Å². The molecule has 0 saturated carbocycles. The number of rotatable bonds is 3. The number of thioether (sulfide) groups is 1. The summed E-state index contributed by atoms with van der Waals surface area (Å²) in [5, 5.41) is 3.34. The van der Waals surface area contributed by atoms with Gasteiger partial charge in [0.1, 0.15) is 11.2 Å². The standard InChI is InChI=1S/C15H10BrF3N4OS/c1-25-14-22-11-9(16)6-20-13(24)10(11)12(23-14)21-8-4-2-3-7(5-8)15(17,18)19/h2-6H,1H3,(H,20,24)(H,21,22,23).